The third-order valence-corrected chi connectivity index (χ3v) is 6.10. The lowest BCUT2D eigenvalue weighted by Gasteiger charge is -2.30. The van der Waals surface area contributed by atoms with E-state index in [9.17, 15) is 4.79 Å². The molecule has 128 valence electrons. The Balaban J connectivity index is 1.80. The van der Waals surface area contributed by atoms with E-state index in [1.165, 1.54) is 11.3 Å². The summed E-state index contributed by atoms with van der Waals surface area (Å²) in [4.78, 5) is 20.9. The minimum atomic E-state index is 0.106. The first-order valence-electron chi connectivity index (χ1n) is 8.56. The number of carbonyl (C=O) groups excluding carboxylic acids is 1. The van der Waals surface area contributed by atoms with Gasteiger partial charge >= 0.3 is 0 Å². The quantitative estimate of drug-likeness (QED) is 0.597. The highest BCUT2D eigenvalue weighted by Gasteiger charge is 2.23. The van der Waals surface area contributed by atoms with Gasteiger partial charge in [-0.25, -0.2) is 4.98 Å². The van der Waals surface area contributed by atoms with Gasteiger partial charge in [0.15, 0.2) is 0 Å². The van der Waals surface area contributed by atoms with Crippen LogP contribution in [0.25, 0.3) is 21.5 Å². The molecule has 0 N–H and O–H groups in total. The van der Waals surface area contributed by atoms with Gasteiger partial charge in [0, 0.05) is 18.5 Å². The van der Waals surface area contributed by atoms with Crippen molar-refractivity contribution in [3.05, 3.63) is 52.4 Å². The maximum Gasteiger partial charge on any atom is 0.254 e. The highest BCUT2D eigenvalue weighted by molar-refractivity contribution is 7.19. The zero-order valence-electron chi connectivity index (χ0n) is 14.0. The average Bonchev–Trinajstić information content (AvgIpc) is 3.07. The molecule has 5 heteroatoms. The molecule has 4 rings (SSSR count). The van der Waals surface area contributed by atoms with Crippen LogP contribution in [-0.2, 0) is 0 Å². The molecule has 0 atom stereocenters. The van der Waals surface area contributed by atoms with Gasteiger partial charge in [0.2, 0.25) is 0 Å². The first-order chi connectivity index (χ1) is 12.1. The summed E-state index contributed by atoms with van der Waals surface area (Å²) < 4.78 is 0.725. The number of piperidine rings is 1. The van der Waals surface area contributed by atoms with Crippen LogP contribution < -0.4 is 0 Å². The fourth-order valence-electron chi connectivity index (χ4n) is 3.31. The molecule has 3 nitrogen and oxygen atoms in total. The van der Waals surface area contributed by atoms with E-state index in [4.69, 9.17) is 16.6 Å². The number of carbonyl (C=O) groups is 1. The van der Waals surface area contributed by atoms with Crippen molar-refractivity contribution in [2.45, 2.75) is 19.8 Å². The van der Waals surface area contributed by atoms with E-state index in [0.29, 0.717) is 5.92 Å². The predicted molar refractivity (Wildman–Crippen MR) is 104 cm³/mol. The maximum absolute atomic E-state index is 13.2. The van der Waals surface area contributed by atoms with Gasteiger partial charge in [-0.05, 0) is 43.0 Å². The van der Waals surface area contributed by atoms with Gasteiger partial charge in [-0.15, -0.1) is 11.3 Å². The lowest BCUT2D eigenvalue weighted by atomic mass is 9.98. The summed E-state index contributed by atoms with van der Waals surface area (Å²) in [6, 6.07) is 13.6. The topological polar surface area (TPSA) is 33.2 Å². The van der Waals surface area contributed by atoms with Crippen LogP contribution in [0.1, 0.15) is 30.1 Å². The van der Waals surface area contributed by atoms with Crippen LogP contribution in [0, 0.1) is 5.92 Å². The fourth-order valence-corrected chi connectivity index (χ4v) is 4.32. The largest absolute Gasteiger partial charge is 0.339 e. The molecule has 0 bridgehead atoms. The predicted octanol–water partition coefficient (Wildman–Crippen LogP) is 5.49. The number of nitrogens with zero attached hydrogens (tertiary/aromatic N) is 2. The number of rotatable bonds is 2. The van der Waals surface area contributed by atoms with E-state index in [1.807, 2.05) is 47.4 Å². The second kappa shape index (κ2) is 6.77. The Kier molecular flexibility index (Phi) is 4.48. The highest BCUT2D eigenvalue weighted by atomic mass is 35.5. The van der Waals surface area contributed by atoms with E-state index in [1.54, 1.807) is 0 Å². The summed E-state index contributed by atoms with van der Waals surface area (Å²) in [5.74, 6) is 0.802. The normalized spacial score (nSPS) is 15.7. The fraction of sp³-hybridized carbons (Fsp3) is 0.300. The van der Waals surface area contributed by atoms with Crippen molar-refractivity contribution in [1.82, 2.24) is 9.88 Å². The van der Waals surface area contributed by atoms with E-state index in [0.717, 1.165) is 57.3 Å². The number of halogens is 1. The minimum Gasteiger partial charge on any atom is -0.339 e. The molecular formula is C20H19ClN2OS. The van der Waals surface area contributed by atoms with Crippen molar-refractivity contribution < 1.29 is 4.79 Å². The van der Waals surface area contributed by atoms with E-state index >= 15 is 0 Å². The van der Waals surface area contributed by atoms with Gasteiger partial charge in [0.25, 0.3) is 5.91 Å². The number of para-hydroxylation sites is 1. The highest BCUT2D eigenvalue weighted by Crippen LogP contribution is 2.33. The standard InChI is InChI=1S/C20H19ClN2OS/c1-13-8-10-23(11-9-13)20(24)15-12-17(18-6-7-19(21)25-18)22-16-5-3-2-4-14(15)16/h2-7,12-13H,8-11H2,1H3. The average molecular weight is 371 g/mol. The van der Waals surface area contributed by atoms with Crippen molar-refractivity contribution >= 4 is 39.7 Å². The van der Waals surface area contributed by atoms with Crippen LogP contribution in [0.5, 0.6) is 0 Å². The Bertz CT molecular complexity index is 928. The number of hydrogen-bond donors (Lipinski definition) is 0. The minimum absolute atomic E-state index is 0.106. The van der Waals surface area contributed by atoms with Crippen LogP contribution >= 0.6 is 22.9 Å². The van der Waals surface area contributed by atoms with Gasteiger partial charge in [-0.1, -0.05) is 36.7 Å². The number of hydrogen-bond acceptors (Lipinski definition) is 3. The Morgan fingerprint density at radius 2 is 1.96 bits per heavy atom. The summed E-state index contributed by atoms with van der Waals surface area (Å²) in [5.41, 5.74) is 2.39. The molecular weight excluding hydrogens is 352 g/mol. The Morgan fingerprint density at radius 3 is 2.68 bits per heavy atom. The molecule has 1 fully saturated rings. The molecule has 1 aliphatic rings. The number of pyridine rings is 1. The zero-order valence-corrected chi connectivity index (χ0v) is 15.6. The van der Waals surface area contributed by atoms with Gasteiger partial charge in [-0.3, -0.25) is 4.79 Å². The van der Waals surface area contributed by atoms with Crippen LogP contribution in [0.3, 0.4) is 0 Å². The number of benzene rings is 1. The van der Waals surface area contributed by atoms with Crippen LogP contribution in [-0.4, -0.2) is 28.9 Å². The van der Waals surface area contributed by atoms with Crippen molar-refractivity contribution in [3.63, 3.8) is 0 Å². The summed E-state index contributed by atoms with van der Waals surface area (Å²) >= 11 is 7.57. The molecule has 0 radical (unpaired) electrons. The maximum atomic E-state index is 13.2. The first-order valence-corrected chi connectivity index (χ1v) is 9.76. The lowest BCUT2D eigenvalue weighted by Crippen LogP contribution is -2.38. The number of amides is 1. The molecule has 1 saturated heterocycles. The molecule has 0 spiro atoms. The van der Waals surface area contributed by atoms with Crippen molar-refractivity contribution in [2.75, 3.05) is 13.1 Å². The summed E-state index contributed by atoms with van der Waals surface area (Å²) in [7, 11) is 0. The molecule has 0 unspecified atom stereocenters. The van der Waals surface area contributed by atoms with Crippen molar-refractivity contribution in [1.29, 1.82) is 0 Å². The summed E-state index contributed by atoms with van der Waals surface area (Å²) in [5, 5.41) is 0.914. The molecule has 1 amide bonds. The second-order valence-corrected chi connectivity index (χ2v) is 8.37. The Hall–Kier alpha value is -1.91. The Morgan fingerprint density at radius 1 is 1.20 bits per heavy atom. The van der Waals surface area contributed by atoms with Gasteiger partial charge < -0.3 is 4.90 Å². The van der Waals surface area contributed by atoms with Gasteiger partial charge in [0.05, 0.1) is 26.0 Å². The molecule has 1 aliphatic heterocycles. The zero-order chi connectivity index (χ0) is 17.4. The molecule has 2 aromatic heterocycles. The molecule has 0 saturated carbocycles. The van der Waals surface area contributed by atoms with Crippen LogP contribution in [0.2, 0.25) is 4.34 Å². The molecule has 0 aliphatic carbocycles. The third-order valence-electron chi connectivity index (χ3n) is 4.84. The SMILES string of the molecule is CC1CCN(C(=O)c2cc(-c3ccc(Cl)s3)nc3ccccc23)CC1. The monoisotopic (exact) mass is 370 g/mol. The smallest absolute Gasteiger partial charge is 0.254 e. The summed E-state index contributed by atoms with van der Waals surface area (Å²) in [6.45, 7) is 3.91. The first kappa shape index (κ1) is 16.6. The molecule has 1 aromatic carbocycles. The number of thiophene rings is 1. The van der Waals surface area contributed by atoms with E-state index in [-0.39, 0.29) is 5.91 Å². The molecule has 3 aromatic rings. The number of likely N-dealkylation sites (tertiary alicyclic amines) is 1. The summed E-state index contributed by atoms with van der Waals surface area (Å²) in [6.07, 6.45) is 2.14. The second-order valence-electron chi connectivity index (χ2n) is 6.65. The van der Waals surface area contributed by atoms with Crippen LogP contribution in [0.4, 0.5) is 0 Å². The Labute approximate surface area is 156 Å². The van der Waals surface area contributed by atoms with E-state index < -0.39 is 0 Å². The third kappa shape index (κ3) is 3.29. The number of fused-ring (bicyclic) bond motifs is 1. The van der Waals surface area contributed by atoms with Crippen molar-refractivity contribution in [3.8, 4) is 10.6 Å². The van der Waals surface area contributed by atoms with Crippen LogP contribution in [0.15, 0.2) is 42.5 Å². The van der Waals surface area contributed by atoms with Gasteiger partial charge in [-0.2, -0.15) is 0 Å². The lowest BCUT2D eigenvalue weighted by molar-refractivity contribution is 0.0699. The number of aromatic nitrogens is 1. The molecule has 25 heavy (non-hydrogen) atoms. The van der Waals surface area contributed by atoms with E-state index in [2.05, 4.69) is 6.92 Å². The van der Waals surface area contributed by atoms with Crippen molar-refractivity contribution in [2.24, 2.45) is 5.92 Å². The van der Waals surface area contributed by atoms with Gasteiger partial charge in [0.1, 0.15) is 0 Å². The molecule has 3 heterocycles.